The predicted octanol–water partition coefficient (Wildman–Crippen LogP) is 4.62. The summed E-state index contributed by atoms with van der Waals surface area (Å²) in [5, 5.41) is 10.6. The Bertz CT molecular complexity index is 1370. The van der Waals surface area contributed by atoms with Crippen molar-refractivity contribution >= 4 is 16.9 Å². The summed E-state index contributed by atoms with van der Waals surface area (Å²) in [4.78, 5) is 25.5. The van der Waals surface area contributed by atoms with Gasteiger partial charge in [-0.2, -0.15) is 0 Å². The Morgan fingerprint density at radius 2 is 1.84 bits per heavy atom. The van der Waals surface area contributed by atoms with Gasteiger partial charge in [-0.1, -0.05) is 36.4 Å². The molecule has 1 aliphatic heterocycles. The molecule has 5 rings (SSSR count). The first-order valence-electron chi connectivity index (χ1n) is 9.78. The van der Waals surface area contributed by atoms with E-state index in [0.29, 0.717) is 39.2 Å². The van der Waals surface area contributed by atoms with Crippen LogP contribution in [0.25, 0.3) is 22.1 Å². The zero-order valence-corrected chi connectivity index (χ0v) is 16.6. The van der Waals surface area contributed by atoms with Crippen LogP contribution in [-0.4, -0.2) is 18.2 Å². The Labute approximate surface area is 177 Å². The summed E-state index contributed by atoms with van der Waals surface area (Å²) in [6, 6.07) is 17.5. The van der Waals surface area contributed by atoms with E-state index in [4.69, 9.17) is 13.9 Å². The molecule has 0 amide bonds. The Balaban J connectivity index is 1.72. The lowest BCUT2D eigenvalue weighted by Crippen LogP contribution is -2.22. The van der Waals surface area contributed by atoms with Gasteiger partial charge in [-0.3, -0.25) is 9.59 Å². The molecule has 0 saturated heterocycles. The van der Waals surface area contributed by atoms with Crippen molar-refractivity contribution in [3.63, 3.8) is 0 Å². The van der Waals surface area contributed by atoms with Gasteiger partial charge in [0, 0.05) is 11.5 Å². The van der Waals surface area contributed by atoms with Crippen molar-refractivity contribution in [2.24, 2.45) is 0 Å². The first kappa shape index (κ1) is 18.9. The second-order valence-electron chi connectivity index (χ2n) is 7.36. The number of phenols is 1. The predicted molar refractivity (Wildman–Crippen MR) is 115 cm³/mol. The molecule has 0 spiro atoms. The molecule has 0 aliphatic carbocycles. The molecule has 1 atom stereocenters. The fraction of sp³-hybridized carbons (Fsp3) is 0.120. The normalized spacial score (nSPS) is 15.4. The molecule has 4 aromatic rings. The fourth-order valence-corrected chi connectivity index (χ4v) is 4.08. The van der Waals surface area contributed by atoms with Gasteiger partial charge in [-0.25, -0.2) is 0 Å². The summed E-state index contributed by atoms with van der Waals surface area (Å²) in [7, 11) is 1.47. The highest BCUT2D eigenvalue weighted by Crippen LogP contribution is 2.44. The zero-order chi connectivity index (χ0) is 21.5. The van der Waals surface area contributed by atoms with Gasteiger partial charge in [-0.15, -0.1) is 0 Å². The van der Waals surface area contributed by atoms with Gasteiger partial charge >= 0.3 is 5.97 Å². The third-order valence-electron chi connectivity index (χ3n) is 5.57. The van der Waals surface area contributed by atoms with E-state index in [-0.39, 0.29) is 17.6 Å². The number of hydrogen-bond acceptors (Lipinski definition) is 6. The number of benzene rings is 3. The Morgan fingerprint density at radius 3 is 2.58 bits per heavy atom. The van der Waals surface area contributed by atoms with E-state index in [1.807, 2.05) is 30.3 Å². The molecule has 0 bridgehead atoms. The van der Waals surface area contributed by atoms with Crippen molar-refractivity contribution in [1.82, 2.24) is 0 Å². The third-order valence-corrected chi connectivity index (χ3v) is 5.57. The van der Waals surface area contributed by atoms with Gasteiger partial charge in [0.1, 0.15) is 17.6 Å². The molecule has 0 fully saturated rings. The standard InChI is InChI=1S/C25H18O6/c1-29-20-9-7-15(11-19(20)26)17-12-22(27)31-21-10-8-16-24(28)18(13-30-25(16)23(17)21)14-5-3-2-4-6-14/h2-11,13,17,26H,12H2,1H3/t17-/m0/s1. The minimum atomic E-state index is -0.442. The van der Waals surface area contributed by atoms with Crippen LogP contribution in [0.3, 0.4) is 0 Å². The van der Waals surface area contributed by atoms with Crippen LogP contribution in [0.2, 0.25) is 0 Å². The summed E-state index contributed by atoms with van der Waals surface area (Å²) in [5.74, 6) is -0.189. The molecule has 6 nitrogen and oxygen atoms in total. The van der Waals surface area contributed by atoms with Crippen molar-refractivity contribution in [2.75, 3.05) is 7.11 Å². The Kier molecular flexibility index (Phi) is 4.47. The maximum atomic E-state index is 13.2. The van der Waals surface area contributed by atoms with Crippen LogP contribution in [0.4, 0.5) is 0 Å². The molecule has 154 valence electrons. The summed E-state index contributed by atoms with van der Waals surface area (Å²) in [5.41, 5.74) is 2.73. The number of aromatic hydroxyl groups is 1. The van der Waals surface area contributed by atoms with Gasteiger partial charge in [-0.05, 0) is 35.4 Å². The lowest BCUT2D eigenvalue weighted by molar-refractivity contribution is -0.135. The van der Waals surface area contributed by atoms with Gasteiger partial charge in [0.05, 0.1) is 24.5 Å². The van der Waals surface area contributed by atoms with E-state index in [9.17, 15) is 14.7 Å². The molecule has 6 heteroatoms. The van der Waals surface area contributed by atoms with Crippen molar-refractivity contribution in [1.29, 1.82) is 0 Å². The number of carbonyl (C=O) groups excluding carboxylic acids is 1. The number of methoxy groups -OCH3 is 1. The smallest absolute Gasteiger partial charge is 0.312 e. The average Bonchev–Trinajstić information content (AvgIpc) is 2.79. The topological polar surface area (TPSA) is 86.0 Å². The molecule has 1 aromatic heterocycles. The van der Waals surface area contributed by atoms with E-state index < -0.39 is 11.9 Å². The SMILES string of the molecule is COc1ccc([C@@H]2CC(=O)Oc3ccc4c(=O)c(-c5ccccc5)coc4c32)cc1O. The van der Waals surface area contributed by atoms with Crippen molar-refractivity contribution in [2.45, 2.75) is 12.3 Å². The van der Waals surface area contributed by atoms with Crippen molar-refractivity contribution in [3.8, 4) is 28.4 Å². The van der Waals surface area contributed by atoms with Crippen LogP contribution in [0.5, 0.6) is 17.2 Å². The summed E-state index contributed by atoms with van der Waals surface area (Å²) >= 11 is 0. The van der Waals surface area contributed by atoms with E-state index >= 15 is 0 Å². The quantitative estimate of drug-likeness (QED) is 0.389. The van der Waals surface area contributed by atoms with Gasteiger partial charge in [0.2, 0.25) is 5.43 Å². The van der Waals surface area contributed by atoms with Gasteiger partial charge < -0.3 is 19.0 Å². The molecule has 3 aromatic carbocycles. The van der Waals surface area contributed by atoms with E-state index in [1.54, 1.807) is 30.3 Å². The molecular formula is C25H18O6. The lowest BCUT2D eigenvalue weighted by atomic mass is 9.85. The van der Waals surface area contributed by atoms with Crippen LogP contribution < -0.4 is 14.9 Å². The first-order chi connectivity index (χ1) is 15.1. The minimum absolute atomic E-state index is 0.0338. The lowest BCUT2D eigenvalue weighted by Gasteiger charge is -2.25. The highest BCUT2D eigenvalue weighted by atomic mass is 16.5. The molecule has 1 aliphatic rings. The highest BCUT2D eigenvalue weighted by Gasteiger charge is 2.32. The maximum Gasteiger partial charge on any atom is 0.312 e. The Morgan fingerprint density at radius 1 is 1.03 bits per heavy atom. The van der Waals surface area contributed by atoms with E-state index in [1.165, 1.54) is 13.4 Å². The molecule has 0 unspecified atom stereocenters. The van der Waals surface area contributed by atoms with E-state index in [0.717, 1.165) is 5.56 Å². The molecule has 2 heterocycles. The second kappa shape index (κ2) is 7.32. The van der Waals surface area contributed by atoms with Crippen LogP contribution in [0.15, 0.2) is 76.1 Å². The van der Waals surface area contributed by atoms with Crippen LogP contribution >= 0.6 is 0 Å². The Hall–Kier alpha value is -4.06. The number of ether oxygens (including phenoxy) is 2. The molecule has 1 N–H and O–H groups in total. The van der Waals surface area contributed by atoms with Crippen LogP contribution in [-0.2, 0) is 4.79 Å². The molecule has 31 heavy (non-hydrogen) atoms. The monoisotopic (exact) mass is 414 g/mol. The molecular weight excluding hydrogens is 396 g/mol. The molecule has 0 radical (unpaired) electrons. The number of phenolic OH excluding ortho intramolecular Hbond substituents is 1. The number of fused-ring (bicyclic) bond motifs is 3. The number of rotatable bonds is 3. The van der Waals surface area contributed by atoms with Crippen LogP contribution in [0, 0.1) is 0 Å². The molecule has 0 saturated carbocycles. The van der Waals surface area contributed by atoms with E-state index in [2.05, 4.69) is 0 Å². The average molecular weight is 414 g/mol. The highest BCUT2D eigenvalue weighted by molar-refractivity contribution is 5.90. The number of esters is 1. The summed E-state index contributed by atoms with van der Waals surface area (Å²) < 4.78 is 16.5. The second-order valence-corrected chi connectivity index (χ2v) is 7.36. The van der Waals surface area contributed by atoms with Gasteiger partial charge in [0.15, 0.2) is 11.5 Å². The van der Waals surface area contributed by atoms with Crippen LogP contribution in [0.1, 0.15) is 23.5 Å². The largest absolute Gasteiger partial charge is 0.504 e. The maximum absolute atomic E-state index is 13.2. The zero-order valence-electron chi connectivity index (χ0n) is 16.6. The van der Waals surface area contributed by atoms with Crippen molar-refractivity contribution < 1.29 is 23.8 Å². The number of hydrogen-bond donors (Lipinski definition) is 1. The fourth-order valence-electron chi connectivity index (χ4n) is 4.08. The number of carbonyl (C=O) groups is 1. The summed E-state index contributed by atoms with van der Waals surface area (Å²) in [6.45, 7) is 0. The minimum Gasteiger partial charge on any atom is -0.504 e. The summed E-state index contributed by atoms with van der Waals surface area (Å²) in [6.07, 6.45) is 1.50. The van der Waals surface area contributed by atoms with Crippen molar-refractivity contribution in [3.05, 3.63) is 88.3 Å². The van der Waals surface area contributed by atoms with Gasteiger partial charge in [0.25, 0.3) is 0 Å². The third kappa shape index (κ3) is 3.13. The first-order valence-corrected chi connectivity index (χ1v) is 9.78.